The molecule has 1 saturated heterocycles. The zero-order valence-electron chi connectivity index (χ0n) is 13.4. The minimum atomic E-state index is -0.315. The summed E-state index contributed by atoms with van der Waals surface area (Å²) in [6.45, 7) is 8.29. The molecule has 0 bridgehead atoms. The van der Waals surface area contributed by atoms with Crippen LogP contribution < -0.4 is 4.90 Å². The molecule has 2 heterocycles. The summed E-state index contributed by atoms with van der Waals surface area (Å²) >= 11 is 1.68. The predicted octanol–water partition coefficient (Wildman–Crippen LogP) is 3.96. The summed E-state index contributed by atoms with van der Waals surface area (Å²) in [5, 5.41) is 1.01. The van der Waals surface area contributed by atoms with Gasteiger partial charge in [0.05, 0.1) is 21.4 Å². The van der Waals surface area contributed by atoms with Crippen molar-refractivity contribution >= 4 is 26.7 Å². The van der Waals surface area contributed by atoms with E-state index in [4.69, 9.17) is 9.47 Å². The summed E-state index contributed by atoms with van der Waals surface area (Å²) in [6, 6.07) is 6.21. The average Bonchev–Trinajstić information content (AvgIpc) is 2.88. The molecule has 1 aliphatic heterocycles. The molecule has 2 aromatic rings. The van der Waals surface area contributed by atoms with Gasteiger partial charge < -0.3 is 14.4 Å². The normalized spacial score (nSPS) is 21.0. The molecule has 3 rings (SSSR count). The van der Waals surface area contributed by atoms with Crippen molar-refractivity contribution in [3.05, 3.63) is 23.8 Å². The number of nitrogens with zero attached hydrogens (tertiary/aromatic N) is 2. The molecule has 0 unspecified atom stereocenters. The van der Waals surface area contributed by atoms with E-state index in [1.165, 1.54) is 0 Å². The molecule has 0 amide bonds. The van der Waals surface area contributed by atoms with E-state index in [1.807, 2.05) is 31.1 Å². The van der Waals surface area contributed by atoms with Crippen LogP contribution in [0.25, 0.3) is 10.2 Å². The van der Waals surface area contributed by atoms with Crippen LogP contribution in [0.1, 0.15) is 39.5 Å². The average molecular weight is 306 g/mol. The summed E-state index contributed by atoms with van der Waals surface area (Å²) in [4.78, 5) is 6.63. The highest BCUT2D eigenvalue weighted by atomic mass is 32.1. The van der Waals surface area contributed by atoms with Gasteiger partial charge in [-0.25, -0.2) is 4.98 Å². The molecular weight excluding hydrogens is 284 g/mol. The lowest BCUT2D eigenvalue weighted by atomic mass is 9.90. The van der Waals surface area contributed by atoms with Crippen LogP contribution in [0.4, 0.5) is 5.13 Å². The second kappa shape index (κ2) is 4.66. The fraction of sp³-hybridized carbons (Fsp3) is 0.562. The van der Waals surface area contributed by atoms with Crippen molar-refractivity contribution in [1.82, 2.24) is 4.98 Å². The Morgan fingerprint density at radius 1 is 1.10 bits per heavy atom. The SMILES string of the molecule is CN(C)c1nc2ccc(C3OC(C)(C)C(C)(C)O3)cc2s1. The fourth-order valence-electron chi connectivity index (χ4n) is 2.25. The highest BCUT2D eigenvalue weighted by Gasteiger charge is 2.49. The predicted molar refractivity (Wildman–Crippen MR) is 87.0 cm³/mol. The van der Waals surface area contributed by atoms with E-state index in [2.05, 4.69) is 38.7 Å². The fourth-order valence-corrected chi connectivity index (χ4v) is 3.18. The van der Waals surface area contributed by atoms with Gasteiger partial charge >= 0.3 is 0 Å². The number of fused-ring (bicyclic) bond motifs is 1. The Morgan fingerprint density at radius 3 is 2.29 bits per heavy atom. The topological polar surface area (TPSA) is 34.6 Å². The highest BCUT2D eigenvalue weighted by Crippen LogP contribution is 2.45. The first-order valence-corrected chi connectivity index (χ1v) is 7.95. The zero-order valence-corrected chi connectivity index (χ0v) is 14.2. The molecule has 0 radical (unpaired) electrons. The van der Waals surface area contributed by atoms with Gasteiger partial charge in [-0.1, -0.05) is 17.4 Å². The third kappa shape index (κ3) is 2.43. The first-order valence-electron chi connectivity index (χ1n) is 7.13. The van der Waals surface area contributed by atoms with Gasteiger partial charge in [0, 0.05) is 19.7 Å². The number of benzene rings is 1. The molecule has 0 atom stereocenters. The lowest BCUT2D eigenvalue weighted by Crippen LogP contribution is -2.41. The molecule has 21 heavy (non-hydrogen) atoms. The maximum atomic E-state index is 6.10. The van der Waals surface area contributed by atoms with Crippen molar-refractivity contribution in [2.45, 2.75) is 45.2 Å². The number of thiazole rings is 1. The van der Waals surface area contributed by atoms with Gasteiger partial charge in [0.25, 0.3) is 0 Å². The molecule has 4 nitrogen and oxygen atoms in total. The van der Waals surface area contributed by atoms with Gasteiger partial charge in [0.15, 0.2) is 11.4 Å². The summed E-state index contributed by atoms with van der Waals surface area (Å²) in [5.41, 5.74) is 1.45. The van der Waals surface area contributed by atoms with E-state index in [0.717, 1.165) is 20.9 Å². The van der Waals surface area contributed by atoms with E-state index in [0.29, 0.717) is 0 Å². The van der Waals surface area contributed by atoms with E-state index >= 15 is 0 Å². The maximum Gasteiger partial charge on any atom is 0.185 e. The Bertz CT molecular complexity index is 660. The standard InChI is InChI=1S/C16H22N2O2S/c1-15(2)16(3,4)20-13(19-15)10-7-8-11-12(9-10)21-14(17-11)18(5)6/h7-9,13H,1-6H3. The Morgan fingerprint density at radius 2 is 1.71 bits per heavy atom. The third-order valence-electron chi connectivity index (χ3n) is 4.31. The number of hydrogen-bond donors (Lipinski definition) is 0. The van der Waals surface area contributed by atoms with E-state index in [1.54, 1.807) is 11.3 Å². The molecule has 0 saturated carbocycles. The third-order valence-corrected chi connectivity index (χ3v) is 5.50. The molecule has 1 aromatic carbocycles. The van der Waals surface area contributed by atoms with E-state index in [9.17, 15) is 0 Å². The quantitative estimate of drug-likeness (QED) is 0.841. The lowest BCUT2D eigenvalue weighted by molar-refractivity contribution is -0.0894. The van der Waals surface area contributed by atoms with E-state index < -0.39 is 0 Å². The monoisotopic (exact) mass is 306 g/mol. The molecule has 0 spiro atoms. The molecule has 1 aromatic heterocycles. The van der Waals surface area contributed by atoms with Gasteiger partial charge in [-0.15, -0.1) is 0 Å². The maximum absolute atomic E-state index is 6.10. The molecular formula is C16H22N2O2S. The number of aromatic nitrogens is 1. The van der Waals surface area contributed by atoms with Gasteiger partial charge in [-0.3, -0.25) is 0 Å². The zero-order chi connectivity index (χ0) is 15.4. The minimum absolute atomic E-state index is 0.310. The summed E-state index contributed by atoms with van der Waals surface area (Å²) in [5.74, 6) is 0. The number of anilines is 1. The van der Waals surface area contributed by atoms with Crippen LogP contribution >= 0.6 is 11.3 Å². The number of rotatable bonds is 2. The Balaban J connectivity index is 1.95. The lowest BCUT2D eigenvalue weighted by Gasteiger charge is -2.30. The van der Waals surface area contributed by atoms with Crippen LogP contribution in [0, 0.1) is 0 Å². The van der Waals surface area contributed by atoms with Gasteiger partial charge in [0.1, 0.15) is 0 Å². The van der Waals surface area contributed by atoms with Gasteiger partial charge in [0.2, 0.25) is 0 Å². The Labute approximate surface area is 129 Å². The van der Waals surface area contributed by atoms with Crippen LogP contribution in [-0.2, 0) is 9.47 Å². The smallest absolute Gasteiger partial charge is 0.185 e. The van der Waals surface area contributed by atoms with Crippen LogP contribution in [0.15, 0.2) is 18.2 Å². The van der Waals surface area contributed by atoms with Crippen LogP contribution in [0.5, 0.6) is 0 Å². The minimum Gasteiger partial charge on any atom is -0.354 e. The summed E-state index contributed by atoms with van der Waals surface area (Å²) in [6.07, 6.45) is -0.315. The number of hydrogen-bond acceptors (Lipinski definition) is 5. The van der Waals surface area contributed by atoms with Crippen LogP contribution in [0.2, 0.25) is 0 Å². The Hall–Kier alpha value is -1.17. The molecule has 114 valence electrons. The van der Waals surface area contributed by atoms with Crippen LogP contribution in [-0.4, -0.2) is 30.3 Å². The largest absolute Gasteiger partial charge is 0.354 e. The molecule has 5 heteroatoms. The summed E-state index contributed by atoms with van der Waals surface area (Å²) in [7, 11) is 4.01. The molecule has 0 aliphatic carbocycles. The Kier molecular flexibility index (Phi) is 3.28. The molecule has 1 aliphatic rings. The number of ether oxygens (including phenoxy) is 2. The van der Waals surface area contributed by atoms with Crippen molar-refractivity contribution in [2.75, 3.05) is 19.0 Å². The van der Waals surface area contributed by atoms with Gasteiger partial charge in [-0.05, 0) is 39.8 Å². The van der Waals surface area contributed by atoms with Crippen molar-refractivity contribution in [2.24, 2.45) is 0 Å². The van der Waals surface area contributed by atoms with Gasteiger partial charge in [-0.2, -0.15) is 0 Å². The van der Waals surface area contributed by atoms with Crippen molar-refractivity contribution < 1.29 is 9.47 Å². The van der Waals surface area contributed by atoms with E-state index in [-0.39, 0.29) is 17.5 Å². The first-order chi connectivity index (χ1) is 9.69. The molecule has 0 N–H and O–H groups in total. The second-order valence-corrected chi connectivity index (χ2v) is 7.72. The van der Waals surface area contributed by atoms with Crippen molar-refractivity contribution in [1.29, 1.82) is 0 Å². The summed E-state index contributed by atoms with van der Waals surface area (Å²) < 4.78 is 13.4. The first kappa shape index (κ1) is 14.8. The molecule has 1 fully saturated rings. The highest BCUT2D eigenvalue weighted by molar-refractivity contribution is 7.22. The van der Waals surface area contributed by atoms with Crippen LogP contribution in [0.3, 0.4) is 0 Å². The second-order valence-electron chi connectivity index (χ2n) is 6.71. The van der Waals surface area contributed by atoms with Crippen molar-refractivity contribution in [3.8, 4) is 0 Å². The van der Waals surface area contributed by atoms with Crippen molar-refractivity contribution in [3.63, 3.8) is 0 Å².